The van der Waals surface area contributed by atoms with E-state index in [1.54, 1.807) is 16.8 Å². The fourth-order valence-corrected chi connectivity index (χ4v) is 4.80. The molecule has 0 radical (unpaired) electrons. The Labute approximate surface area is 197 Å². The van der Waals surface area contributed by atoms with Gasteiger partial charge in [0, 0.05) is 11.3 Å². The van der Waals surface area contributed by atoms with Crippen LogP contribution in [0.5, 0.6) is 0 Å². The van der Waals surface area contributed by atoms with Crippen molar-refractivity contribution in [2.45, 2.75) is 16.4 Å². The average Bonchev–Trinajstić information content (AvgIpc) is 3.25. The Balaban J connectivity index is 1.50. The lowest BCUT2D eigenvalue weighted by Crippen LogP contribution is -2.41. The van der Waals surface area contributed by atoms with E-state index in [4.69, 9.17) is 11.6 Å². The summed E-state index contributed by atoms with van der Waals surface area (Å²) in [7, 11) is 0. The summed E-state index contributed by atoms with van der Waals surface area (Å²) in [5.41, 5.74) is 5.24. The van der Waals surface area contributed by atoms with Gasteiger partial charge in [-0.2, -0.15) is 0 Å². The fraction of sp³-hybridized carbons (Fsp3) is 0.0870. The minimum atomic E-state index is -0.681. The Morgan fingerprint density at radius 2 is 1.79 bits per heavy atom. The molecule has 1 aliphatic rings. The summed E-state index contributed by atoms with van der Waals surface area (Å²) in [6.45, 7) is 0. The number of benzene rings is 3. The molecule has 2 heterocycles. The SMILES string of the molecule is O=C(Nc1ccc(F)c(Cl)c1)C1Sc2nnc(-c3ccccc3)n2NC1c1ccc(F)cc1. The van der Waals surface area contributed by atoms with Crippen LogP contribution in [-0.2, 0) is 4.79 Å². The molecule has 10 heteroatoms. The minimum Gasteiger partial charge on any atom is -0.325 e. The van der Waals surface area contributed by atoms with Gasteiger partial charge in [-0.05, 0) is 35.9 Å². The zero-order valence-electron chi connectivity index (χ0n) is 16.9. The molecule has 166 valence electrons. The number of carbonyl (C=O) groups excluding carboxylic acids is 1. The van der Waals surface area contributed by atoms with Crippen LogP contribution in [0.3, 0.4) is 0 Å². The van der Waals surface area contributed by atoms with E-state index in [0.29, 0.717) is 22.2 Å². The van der Waals surface area contributed by atoms with Crippen molar-refractivity contribution in [2.24, 2.45) is 0 Å². The molecule has 2 atom stereocenters. The number of rotatable bonds is 4. The Bertz CT molecular complexity index is 1320. The van der Waals surface area contributed by atoms with E-state index in [1.165, 1.54) is 42.1 Å². The first-order chi connectivity index (χ1) is 16.0. The number of carbonyl (C=O) groups is 1. The molecule has 0 saturated carbocycles. The van der Waals surface area contributed by atoms with Gasteiger partial charge in [0.05, 0.1) is 11.1 Å². The van der Waals surface area contributed by atoms with Gasteiger partial charge in [0.15, 0.2) is 5.82 Å². The van der Waals surface area contributed by atoms with Crippen LogP contribution in [0.1, 0.15) is 11.6 Å². The van der Waals surface area contributed by atoms with E-state index >= 15 is 0 Å². The quantitative estimate of drug-likeness (QED) is 0.413. The number of anilines is 1. The lowest BCUT2D eigenvalue weighted by Gasteiger charge is -2.33. The number of halogens is 3. The third-order valence-electron chi connectivity index (χ3n) is 5.14. The van der Waals surface area contributed by atoms with Crippen molar-refractivity contribution in [3.63, 3.8) is 0 Å². The van der Waals surface area contributed by atoms with Crippen LogP contribution in [0.4, 0.5) is 14.5 Å². The van der Waals surface area contributed by atoms with E-state index in [1.807, 2.05) is 30.3 Å². The summed E-state index contributed by atoms with van der Waals surface area (Å²) in [6, 6.07) is 18.9. The van der Waals surface area contributed by atoms with Crippen molar-refractivity contribution in [1.82, 2.24) is 14.9 Å². The summed E-state index contributed by atoms with van der Waals surface area (Å²) in [4.78, 5) is 13.3. The third-order valence-corrected chi connectivity index (χ3v) is 6.65. The van der Waals surface area contributed by atoms with Crippen LogP contribution in [0.15, 0.2) is 78.0 Å². The number of nitrogens with one attached hydrogen (secondary N) is 2. The molecule has 5 rings (SSSR count). The Kier molecular flexibility index (Phi) is 5.74. The van der Waals surface area contributed by atoms with Crippen LogP contribution in [0, 0.1) is 11.6 Å². The molecule has 4 aromatic rings. The van der Waals surface area contributed by atoms with Gasteiger partial charge < -0.3 is 10.7 Å². The van der Waals surface area contributed by atoms with Gasteiger partial charge in [-0.15, -0.1) is 10.2 Å². The highest BCUT2D eigenvalue weighted by Gasteiger charge is 2.38. The van der Waals surface area contributed by atoms with Crippen LogP contribution in [0.25, 0.3) is 11.4 Å². The summed E-state index contributed by atoms with van der Waals surface area (Å²) in [5.74, 6) is -0.706. The highest BCUT2D eigenvalue weighted by Crippen LogP contribution is 2.39. The van der Waals surface area contributed by atoms with E-state index in [2.05, 4.69) is 20.9 Å². The van der Waals surface area contributed by atoms with Gasteiger partial charge in [0.25, 0.3) is 0 Å². The standard InChI is InChI=1S/C23H16ClF2N5OS/c24-17-12-16(10-11-18(17)26)27-22(32)20-19(13-6-8-15(25)9-7-13)30-31-21(28-29-23(31)33-20)14-4-2-1-3-5-14/h1-12,19-20,30H,(H,27,32). The molecule has 33 heavy (non-hydrogen) atoms. The molecule has 1 amide bonds. The lowest BCUT2D eigenvalue weighted by molar-refractivity contribution is -0.116. The molecule has 3 aromatic carbocycles. The van der Waals surface area contributed by atoms with Gasteiger partial charge >= 0.3 is 0 Å². The molecule has 2 unspecified atom stereocenters. The second kappa shape index (κ2) is 8.84. The Morgan fingerprint density at radius 1 is 1.03 bits per heavy atom. The van der Waals surface area contributed by atoms with E-state index in [0.717, 1.165) is 5.56 Å². The number of amides is 1. The first kappa shape index (κ1) is 21.4. The van der Waals surface area contributed by atoms with Crippen molar-refractivity contribution < 1.29 is 13.6 Å². The number of nitrogens with zero attached hydrogens (tertiary/aromatic N) is 3. The van der Waals surface area contributed by atoms with Gasteiger partial charge in [0.2, 0.25) is 11.1 Å². The Morgan fingerprint density at radius 3 is 2.52 bits per heavy atom. The first-order valence-corrected chi connectivity index (χ1v) is 11.2. The molecule has 6 nitrogen and oxygen atoms in total. The third kappa shape index (κ3) is 4.29. The number of aromatic nitrogens is 3. The molecule has 0 fully saturated rings. The Hall–Kier alpha value is -3.43. The van der Waals surface area contributed by atoms with Crippen LogP contribution in [0.2, 0.25) is 5.02 Å². The monoisotopic (exact) mass is 483 g/mol. The first-order valence-electron chi connectivity index (χ1n) is 9.95. The molecule has 0 aliphatic carbocycles. The van der Waals surface area contributed by atoms with Crippen LogP contribution >= 0.6 is 23.4 Å². The van der Waals surface area contributed by atoms with Crippen molar-refractivity contribution in [3.05, 3.63) is 95.0 Å². The summed E-state index contributed by atoms with van der Waals surface area (Å²) >= 11 is 7.08. The molecule has 0 spiro atoms. The normalized spacial score (nSPS) is 17.2. The molecule has 0 bridgehead atoms. The van der Waals surface area contributed by atoms with E-state index < -0.39 is 17.1 Å². The van der Waals surface area contributed by atoms with E-state index in [9.17, 15) is 13.6 Å². The summed E-state index contributed by atoms with van der Waals surface area (Å²) in [6.07, 6.45) is 0. The number of hydrogen-bond acceptors (Lipinski definition) is 5. The molecule has 1 aromatic heterocycles. The van der Waals surface area contributed by atoms with Crippen LogP contribution < -0.4 is 10.7 Å². The number of fused-ring (bicyclic) bond motifs is 1. The van der Waals surface area contributed by atoms with E-state index in [-0.39, 0.29) is 16.7 Å². The topological polar surface area (TPSA) is 71.8 Å². The lowest BCUT2D eigenvalue weighted by atomic mass is 10.0. The zero-order chi connectivity index (χ0) is 22.9. The minimum absolute atomic E-state index is 0.0930. The summed E-state index contributed by atoms with van der Waals surface area (Å²) in [5, 5.41) is 11.0. The molecular formula is C23H16ClF2N5OS. The van der Waals surface area contributed by atoms with Crippen molar-refractivity contribution in [1.29, 1.82) is 0 Å². The number of thioether (sulfide) groups is 1. The summed E-state index contributed by atoms with van der Waals surface area (Å²) < 4.78 is 28.8. The highest BCUT2D eigenvalue weighted by atomic mass is 35.5. The largest absolute Gasteiger partial charge is 0.325 e. The maximum atomic E-state index is 13.6. The van der Waals surface area contributed by atoms with Gasteiger partial charge in [-0.1, -0.05) is 65.8 Å². The average molecular weight is 484 g/mol. The van der Waals surface area contributed by atoms with Crippen molar-refractivity contribution >= 4 is 35.0 Å². The maximum absolute atomic E-state index is 13.6. The van der Waals surface area contributed by atoms with Crippen molar-refractivity contribution in [3.8, 4) is 11.4 Å². The smallest absolute Gasteiger partial charge is 0.240 e. The van der Waals surface area contributed by atoms with Gasteiger partial charge in [-0.3, -0.25) is 4.79 Å². The zero-order valence-corrected chi connectivity index (χ0v) is 18.4. The molecule has 0 saturated heterocycles. The van der Waals surface area contributed by atoms with Crippen LogP contribution in [-0.4, -0.2) is 26.0 Å². The molecule has 1 aliphatic heterocycles. The predicted molar refractivity (Wildman–Crippen MR) is 124 cm³/mol. The highest BCUT2D eigenvalue weighted by molar-refractivity contribution is 8.00. The fourth-order valence-electron chi connectivity index (χ4n) is 3.54. The van der Waals surface area contributed by atoms with Crippen molar-refractivity contribution in [2.75, 3.05) is 10.7 Å². The van der Waals surface area contributed by atoms with Gasteiger partial charge in [0.1, 0.15) is 16.9 Å². The van der Waals surface area contributed by atoms with Gasteiger partial charge in [-0.25, -0.2) is 13.5 Å². The number of hydrogen-bond donors (Lipinski definition) is 2. The molecule has 2 N–H and O–H groups in total. The maximum Gasteiger partial charge on any atom is 0.240 e. The second-order valence-corrected chi connectivity index (χ2v) is 8.84. The predicted octanol–water partition coefficient (Wildman–Crippen LogP) is 5.27. The molecular weight excluding hydrogens is 468 g/mol. The second-order valence-electron chi connectivity index (χ2n) is 7.32.